The molecule has 1 amide bonds. The first-order chi connectivity index (χ1) is 12.2. The van der Waals surface area contributed by atoms with Gasteiger partial charge in [0, 0.05) is 44.5 Å². The number of aromatic nitrogens is 1. The smallest absolute Gasteiger partial charge is 0.242 e. The Labute approximate surface area is 148 Å². The van der Waals surface area contributed by atoms with Gasteiger partial charge < -0.3 is 14.3 Å². The third-order valence-electron chi connectivity index (χ3n) is 5.09. The third kappa shape index (κ3) is 3.54. The molecule has 3 heterocycles. The van der Waals surface area contributed by atoms with Crippen molar-refractivity contribution in [3.8, 4) is 0 Å². The number of aryl methyl sites for hydroxylation is 1. The van der Waals surface area contributed by atoms with Crippen LogP contribution in [0.25, 0.3) is 0 Å². The van der Waals surface area contributed by atoms with Crippen molar-refractivity contribution in [3.63, 3.8) is 0 Å². The fourth-order valence-corrected chi connectivity index (χ4v) is 3.70. The lowest BCUT2D eigenvalue weighted by molar-refractivity contribution is -0.131. The van der Waals surface area contributed by atoms with Gasteiger partial charge in [0.1, 0.15) is 0 Å². The molecule has 6 heteroatoms. The van der Waals surface area contributed by atoms with E-state index in [4.69, 9.17) is 4.52 Å². The molecule has 2 aliphatic rings. The first-order valence-corrected chi connectivity index (χ1v) is 8.94. The van der Waals surface area contributed by atoms with E-state index in [9.17, 15) is 4.79 Å². The first kappa shape index (κ1) is 16.1. The number of rotatable bonds is 4. The predicted octanol–water partition coefficient (Wildman–Crippen LogP) is 1.69. The predicted molar refractivity (Wildman–Crippen MR) is 95.5 cm³/mol. The van der Waals surface area contributed by atoms with Crippen LogP contribution in [0.3, 0.4) is 0 Å². The van der Waals surface area contributed by atoms with E-state index >= 15 is 0 Å². The Hall–Kier alpha value is -2.34. The van der Waals surface area contributed by atoms with E-state index in [0.29, 0.717) is 6.54 Å². The standard InChI is InChI=1S/C19H24N4O2/c1-15-12-17(25-20-15)13-21-8-10-22(11-9-21)19(24)14-23-7-6-16-4-2-3-5-18(16)23/h2-5,12H,6-11,13-14H2,1H3. The molecule has 0 bridgehead atoms. The van der Waals surface area contributed by atoms with Crippen molar-refractivity contribution >= 4 is 11.6 Å². The molecule has 2 aromatic rings. The van der Waals surface area contributed by atoms with Gasteiger partial charge in [0.05, 0.1) is 18.8 Å². The molecule has 25 heavy (non-hydrogen) atoms. The number of hydrogen-bond donors (Lipinski definition) is 0. The maximum absolute atomic E-state index is 12.7. The van der Waals surface area contributed by atoms with Gasteiger partial charge in [0.25, 0.3) is 0 Å². The van der Waals surface area contributed by atoms with Crippen LogP contribution < -0.4 is 4.90 Å². The van der Waals surface area contributed by atoms with Gasteiger partial charge in [0.15, 0.2) is 5.76 Å². The van der Waals surface area contributed by atoms with E-state index in [1.807, 2.05) is 24.0 Å². The van der Waals surface area contributed by atoms with Crippen LogP contribution in [0.15, 0.2) is 34.9 Å². The monoisotopic (exact) mass is 340 g/mol. The van der Waals surface area contributed by atoms with Crippen LogP contribution in [-0.4, -0.2) is 60.1 Å². The van der Waals surface area contributed by atoms with E-state index in [1.54, 1.807) is 0 Å². The highest BCUT2D eigenvalue weighted by molar-refractivity contribution is 5.82. The number of benzene rings is 1. The Morgan fingerprint density at radius 2 is 1.96 bits per heavy atom. The molecule has 0 N–H and O–H groups in total. The van der Waals surface area contributed by atoms with Gasteiger partial charge >= 0.3 is 0 Å². The second-order valence-corrected chi connectivity index (χ2v) is 6.89. The molecule has 0 atom stereocenters. The van der Waals surface area contributed by atoms with E-state index in [1.165, 1.54) is 11.3 Å². The zero-order chi connectivity index (χ0) is 17.2. The normalized spacial score (nSPS) is 17.8. The summed E-state index contributed by atoms with van der Waals surface area (Å²) in [6.07, 6.45) is 1.04. The minimum Gasteiger partial charge on any atom is -0.362 e. The van der Waals surface area contributed by atoms with Gasteiger partial charge in [-0.2, -0.15) is 0 Å². The molecule has 1 aromatic heterocycles. The van der Waals surface area contributed by atoms with Gasteiger partial charge in [-0.05, 0) is 25.0 Å². The molecule has 6 nitrogen and oxygen atoms in total. The summed E-state index contributed by atoms with van der Waals surface area (Å²) < 4.78 is 5.28. The van der Waals surface area contributed by atoms with Gasteiger partial charge in [-0.25, -0.2) is 0 Å². The number of anilines is 1. The lowest BCUT2D eigenvalue weighted by Crippen LogP contribution is -2.50. The summed E-state index contributed by atoms with van der Waals surface area (Å²) in [5.74, 6) is 1.12. The molecule has 0 spiro atoms. The van der Waals surface area contributed by atoms with Crippen molar-refractivity contribution in [2.75, 3.05) is 44.2 Å². The summed E-state index contributed by atoms with van der Waals surface area (Å²) in [6, 6.07) is 10.4. The number of fused-ring (bicyclic) bond motifs is 1. The molecule has 0 unspecified atom stereocenters. The Balaban J connectivity index is 1.28. The minimum atomic E-state index is 0.229. The highest BCUT2D eigenvalue weighted by atomic mass is 16.5. The Bertz CT molecular complexity index is 749. The van der Waals surface area contributed by atoms with Crippen LogP contribution in [0.2, 0.25) is 0 Å². The zero-order valence-electron chi connectivity index (χ0n) is 14.6. The van der Waals surface area contributed by atoms with E-state index in [-0.39, 0.29) is 5.91 Å². The maximum atomic E-state index is 12.7. The second kappa shape index (κ2) is 6.88. The average Bonchev–Trinajstić information content (AvgIpc) is 3.22. The Morgan fingerprint density at radius 3 is 2.72 bits per heavy atom. The molecular formula is C19H24N4O2. The molecule has 2 aliphatic heterocycles. The Morgan fingerprint density at radius 1 is 1.16 bits per heavy atom. The molecular weight excluding hydrogens is 316 g/mol. The molecule has 4 rings (SSSR count). The summed E-state index contributed by atoms with van der Waals surface area (Å²) in [4.78, 5) is 19.2. The molecule has 0 saturated carbocycles. The quantitative estimate of drug-likeness (QED) is 0.848. The molecule has 0 aliphatic carbocycles. The minimum absolute atomic E-state index is 0.229. The number of nitrogens with zero attached hydrogens (tertiary/aromatic N) is 4. The molecule has 1 aromatic carbocycles. The number of hydrogen-bond acceptors (Lipinski definition) is 5. The summed E-state index contributed by atoms with van der Waals surface area (Å²) >= 11 is 0. The highest BCUT2D eigenvalue weighted by Gasteiger charge is 2.26. The molecule has 1 saturated heterocycles. The van der Waals surface area contributed by atoms with Crippen molar-refractivity contribution in [1.29, 1.82) is 0 Å². The van der Waals surface area contributed by atoms with Crippen LogP contribution in [0, 0.1) is 6.92 Å². The van der Waals surface area contributed by atoms with Crippen LogP contribution in [0.1, 0.15) is 17.0 Å². The fourth-order valence-electron chi connectivity index (χ4n) is 3.70. The summed E-state index contributed by atoms with van der Waals surface area (Å²) in [5.41, 5.74) is 3.48. The Kier molecular flexibility index (Phi) is 4.44. The van der Waals surface area contributed by atoms with Crippen molar-refractivity contribution in [3.05, 3.63) is 47.3 Å². The number of piperazine rings is 1. The van der Waals surface area contributed by atoms with Gasteiger partial charge in [0.2, 0.25) is 5.91 Å². The second-order valence-electron chi connectivity index (χ2n) is 6.89. The van der Waals surface area contributed by atoms with Crippen LogP contribution >= 0.6 is 0 Å². The lowest BCUT2D eigenvalue weighted by Gasteiger charge is -2.35. The van der Waals surface area contributed by atoms with Crippen LogP contribution in [0.5, 0.6) is 0 Å². The van der Waals surface area contributed by atoms with Crippen molar-refractivity contribution in [1.82, 2.24) is 15.0 Å². The van der Waals surface area contributed by atoms with Crippen molar-refractivity contribution in [2.45, 2.75) is 19.9 Å². The molecule has 0 radical (unpaired) electrons. The number of carbonyl (C=O) groups excluding carboxylic acids is 1. The van der Waals surface area contributed by atoms with Crippen LogP contribution in [-0.2, 0) is 17.8 Å². The van der Waals surface area contributed by atoms with Gasteiger partial charge in [-0.1, -0.05) is 23.4 Å². The lowest BCUT2D eigenvalue weighted by atomic mass is 10.2. The highest BCUT2D eigenvalue weighted by Crippen LogP contribution is 2.27. The molecule has 132 valence electrons. The maximum Gasteiger partial charge on any atom is 0.242 e. The van der Waals surface area contributed by atoms with Crippen LogP contribution in [0.4, 0.5) is 5.69 Å². The number of amides is 1. The fraction of sp³-hybridized carbons (Fsp3) is 0.474. The topological polar surface area (TPSA) is 52.8 Å². The summed E-state index contributed by atoms with van der Waals surface area (Å²) in [5, 5.41) is 3.93. The SMILES string of the molecule is Cc1cc(CN2CCN(C(=O)CN3CCc4ccccc43)CC2)on1. The van der Waals surface area contributed by atoms with Gasteiger partial charge in [-0.15, -0.1) is 0 Å². The largest absolute Gasteiger partial charge is 0.362 e. The number of carbonyl (C=O) groups is 1. The van der Waals surface area contributed by atoms with E-state index in [2.05, 4.69) is 33.2 Å². The van der Waals surface area contributed by atoms with Crippen molar-refractivity contribution in [2.24, 2.45) is 0 Å². The van der Waals surface area contributed by atoms with Gasteiger partial charge in [-0.3, -0.25) is 9.69 Å². The zero-order valence-corrected chi connectivity index (χ0v) is 14.6. The number of para-hydroxylation sites is 1. The summed E-state index contributed by atoms with van der Waals surface area (Å²) in [6.45, 7) is 7.43. The third-order valence-corrected chi connectivity index (χ3v) is 5.09. The molecule has 1 fully saturated rings. The van der Waals surface area contributed by atoms with E-state index < -0.39 is 0 Å². The summed E-state index contributed by atoms with van der Waals surface area (Å²) in [7, 11) is 0. The van der Waals surface area contributed by atoms with E-state index in [0.717, 1.165) is 57.1 Å². The van der Waals surface area contributed by atoms with Crippen molar-refractivity contribution < 1.29 is 9.32 Å². The average molecular weight is 340 g/mol. The first-order valence-electron chi connectivity index (χ1n) is 8.94.